The van der Waals surface area contributed by atoms with Crippen molar-refractivity contribution < 1.29 is 4.42 Å². The summed E-state index contributed by atoms with van der Waals surface area (Å²) in [5.74, 6) is 1.88. The van der Waals surface area contributed by atoms with Crippen molar-refractivity contribution in [1.29, 1.82) is 0 Å². The molecular weight excluding hydrogens is 789 g/mol. The molecule has 63 heavy (non-hydrogen) atoms. The lowest BCUT2D eigenvalue weighted by Gasteiger charge is -2.13. The molecular formula is C57H32N4OS. The topological polar surface area (TPSA) is 56.7 Å². The third kappa shape index (κ3) is 5.13. The minimum absolute atomic E-state index is 0.607. The molecule has 0 saturated heterocycles. The average molecular weight is 821 g/mol. The van der Waals surface area contributed by atoms with Crippen LogP contribution in [0.2, 0.25) is 0 Å². The Morgan fingerprint density at radius 1 is 0.397 bits per heavy atom. The van der Waals surface area contributed by atoms with Gasteiger partial charge in [-0.15, -0.1) is 11.3 Å². The Morgan fingerprint density at radius 3 is 1.94 bits per heavy atom. The van der Waals surface area contributed by atoms with E-state index in [9.17, 15) is 0 Å². The number of aromatic nitrogens is 4. The summed E-state index contributed by atoms with van der Waals surface area (Å²) in [4.78, 5) is 15.6. The Bertz CT molecular complexity index is 4220. The first-order valence-corrected chi connectivity index (χ1v) is 22.0. The number of fused-ring (bicyclic) bond motifs is 14. The number of furan rings is 1. The maximum absolute atomic E-state index is 6.82. The van der Waals surface area contributed by atoms with Crippen LogP contribution in [-0.2, 0) is 0 Å². The molecule has 6 heteroatoms. The minimum atomic E-state index is 0.607. The van der Waals surface area contributed by atoms with Gasteiger partial charge in [0.25, 0.3) is 0 Å². The minimum Gasteiger partial charge on any atom is -0.455 e. The van der Waals surface area contributed by atoms with Gasteiger partial charge in [0.15, 0.2) is 17.5 Å². The first-order chi connectivity index (χ1) is 31.2. The predicted octanol–water partition coefficient (Wildman–Crippen LogP) is 15.7. The molecule has 0 saturated carbocycles. The monoisotopic (exact) mass is 820 g/mol. The molecule has 0 aliphatic rings. The van der Waals surface area contributed by atoms with Crippen molar-refractivity contribution in [3.05, 3.63) is 194 Å². The molecule has 14 aromatic rings. The van der Waals surface area contributed by atoms with E-state index in [2.05, 4.69) is 180 Å². The average Bonchev–Trinajstić information content (AvgIpc) is 4.02. The summed E-state index contributed by atoms with van der Waals surface area (Å²) in [5, 5.41) is 14.0. The highest BCUT2D eigenvalue weighted by Crippen LogP contribution is 2.44. The Balaban J connectivity index is 1.03. The standard InChI is InChI=1S/C57H32N4OS/c1-2-14-34(15-3-1)55-58-56(60-57(59-55)43-23-12-22-42-40-20-10-11-24-51(40)63-54(42)43)37-26-28-50-44(30-37)45-32-49(39-19-8-9-21-41(39)53(45)62-50)61-47-27-25-33-13-6-7-18-38(33)52(47)46-29-35-16-4-5-17-36(35)31-48(46)61/h1-32H. The second-order valence-electron chi connectivity index (χ2n) is 16.3. The molecule has 0 atom stereocenters. The van der Waals surface area contributed by atoms with E-state index in [1.807, 2.05) is 18.2 Å². The van der Waals surface area contributed by atoms with Gasteiger partial charge in [-0.3, -0.25) is 0 Å². The molecule has 0 bridgehead atoms. The van der Waals surface area contributed by atoms with Gasteiger partial charge in [0, 0.05) is 69.2 Å². The normalized spacial score (nSPS) is 12.1. The fraction of sp³-hybridized carbons (Fsp3) is 0. The first kappa shape index (κ1) is 34.5. The number of benzene rings is 10. The zero-order valence-corrected chi connectivity index (χ0v) is 34.4. The van der Waals surface area contributed by atoms with E-state index in [4.69, 9.17) is 19.4 Å². The molecule has 0 radical (unpaired) electrons. The maximum Gasteiger partial charge on any atom is 0.165 e. The van der Waals surface area contributed by atoms with Crippen LogP contribution in [0.1, 0.15) is 0 Å². The third-order valence-electron chi connectivity index (χ3n) is 12.8. The Morgan fingerprint density at radius 2 is 1.08 bits per heavy atom. The summed E-state index contributed by atoms with van der Waals surface area (Å²) in [5.41, 5.74) is 7.91. The molecule has 0 aliphatic heterocycles. The van der Waals surface area contributed by atoms with Crippen LogP contribution in [0.15, 0.2) is 199 Å². The lowest BCUT2D eigenvalue weighted by atomic mass is 10.0. The molecule has 4 heterocycles. The predicted molar refractivity (Wildman–Crippen MR) is 263 cm³/mol. The van der Waals surface area contributed by atoms with Crippen molar-refractivity contribution in [2.45, 2.75) is 0 Å². The second kappa shape index (κ2) is 13.2. The molecule has 0 spiro atoms. The van der Waals surface area contributed by atoms with E-state index in [0.29, 0.717) is 17.5 Å². The van der Waals surface area contributed by atoms with Crippen molar-refractivity contribution >= 4 is 108 Å². The van der Waals surface area contributed by atoms with Crippen LogP contribution >= 0.6 is 11.3 Å². The zero-order chi connectivity index (χ0) is 41.2. The van der Waals surface area contributed by atoms with E-state index in [-0.39, 0.29) is 0 Å². The van der Waals surface area contributed by atoms with E-state index >= 15 is 0 Å². The molecule has 5 nitrogen and oxygen atoms in total. The summed E-state index contributed by atoms with van der Waals surface area (Å²) in [7, 11) is 0. The Hall–Kier alpha value is -8.19. The van der Waals surface area contributed by atoms with Gasteiger partial charge in [-0.1, -0.05) is 140 Å². The number of hydrogen-bond donors (Lipinski definition) is 0. The van der Waals surface area contributed by atoms with Crippen LogP contribution in [0.4, 0.5) is 0 Å². The molecule has 0 fully saturated rings. The number of nitrogens with zero attached hydrogens (tertiary/aromatic N) is 4. The molecule has 4 aromatic heterocycles. The van der Waals surface area contributed by atoms with Gasteiger partial charge < -0.3 is 8.98 Å². The zero-order valence-electron chi connectivity index (χ0n) is 33.6. The quantitative estimate of drug-likeness (QED) is 0.177. The van der Waals surface area contributed by atoms with E-state index < -0.39 is 0 Å². The van der Waals surface area contributed by atoms with E-state index in [1.54, 1.807) is 11.3 Å². The summed E-state index contributed by atoms with van der Waals surface area (Å²) in [6.07, 6.45) is 0. The molecule has 292 valence electrons. The van der Waals surface area contributed by atoms with E-state index in [0.717, 1.165) is 70.8 Å². The van der Waals surface area contributed by atoms with Crippen LogP contribution in [0.25, 0.3) is 136 Å². The van der Waals surface area contributed by atoms with Gasteiger partial charge in [-0.2, -0.15) is 0 Å². The highest BCUT2D eigenvalue weighted by Gasteiger charge is 2.22. The van der Waals surface area contributed by atoms with Gasteiger partial charge in [0.05, 0.1) is 16.7 Å². The van der Waals surface area contributed by atoms with Crippen LogP contribution in [0.3, 0.4) is 0 Å². The summed E-state index contributed by atoms with van der Waals surface area (Å²) in [6.45, 7) is 0. The molecule has 0 aliphatic carbocycles. The number of hydrogen-bond acceptors (Lipinski definition) is 5. The van der Waals surface area contributed by atoms with Crippen molar-refractivity contribution in [3.8, 4) is 39.9 Å². The largest absolute Gasteiger partial charge is 0.455 e. The van der Waals surface area contributed by atoms with E-state index in [1.165, 1.54) is 47.8 Å². The highest BCUT2D eigenvalue weighted by atomic mass is 32.1. The van der Waals surface area contributed by atoms with Gasteiger partial charge in [0.2, 0.25) is 0 Å². The maximum atomic E-state index is 6.82. The smallest absolute Gasteiger partial charge is 0.165 e. The second-order valence-corrected chi connectivity index (χ2v) is 17.4. The summed E-state index contributed by atoms with van der Waals surface area (Å²) >= 11 is 1.78. The SMILES string of the molecule is c1ccc(-c2nc(-c3ccc4oc5c6ccccc6c(-n6c7cc8ccccc8cc7c7c8ccccc8ccc76)cc5c4c3)nc(-c3cccc4c3sc3ccccc34)n2)cc1. The van der Waals surface area contributed by atoms with Gasteiger partial charge in [0.1, 0.15) is 11.2 Å². The van der Waals surface area contributed by atoms with Crippen LogP contribution in [0.5, 0.6) is 0 Å². The van der Waals surface area contributed by atoms with Crippen molar-refractivity contribution in [2.24, 2.45) is 0 Å². The van der Waals surface area contributed by atoms with Gasteiger partial charge >= 0.3 is 0 Å². The van der Waals surface area contributed by atoms with Gasteiger partial charge in [-0.25, -0.2) is 15.0 Å². The van der Waals surface area contributed by atoms with Crippen molar-refractivity contribution in [3.63, 3.8) is 0 Å². The number of rotatable bonds is 4. The van der Waals surface area contributed by atoms with Crippen LogP contribution < -0.4 is 0 Å². The molecule has 0 N–H and O–H groups in total. The Labute approximate surface area is 363 Å². The number of thiophene rings is 1. The molecule has 0 amide bonds. The molecule has 14 rings (SSSR count). The summed E-state index contributed by atoms with van der Waals surface area (Å²) in [6, 6.07) is 69.1. The van der Waals surface area contributed by atoms with Crippen LogP contribution in [-0.4, -0.2) is 19.5 Å². The lowest BCUT2D eigenvalue weighted by Crippen LogP contribution is -2.00. The highest BCUT2D eigenvalue weighted by molar-refractivity contribution is 7.26. The summed E-state index contributed by atoms with van der Waals surface area (Å²) < 4.78 is 11.7. The van der Waals surface area contributed by atoms with Crippen LogP contribution in [0, 0.1) is 0 Å². The lowest BCUT2D eigenvalue weighted by molar-refractivity contribution is 0.672. The van der Waals surface area contributed by atoms with Crippen molar-refractivity contribution in [2.75, 3.05) is 0 Å². The molecule has 10 aromatic carbocycles. The first-order valence-electron chi connectivity index (χ1n) is 21.2. The van der Waals surface area contributed by atoms with Crippen molar-refractivity contribution in [1.82, 2.24) is 19.5 Å². The van der Waals surface area contributed by atoms with Gasteiger partial charge in [-0.05, 0) is 76.1 Å². The molecule has 0 unspecified atom stereocenters. The fourth-order valence-corrected chi connectivity index (χ4v) is 11.1. The Kier molecular flexibility index (Phi) is 7.21. The third-order valence-corrected chi connectivity index (χ3v) is 14.0. The fourth-order valence-electron chi connectivity index (χ4n) is 9.90.